The lowest BCUT2D eigenvalue weighted by atomic mass is 10.1. The number of benzene rings is 6. The highest BCUT2D eigenvalue weighted by molar-refractivity contribution is 7.91. The van der Waals surface area contributed by atoms with Crippen LogP contribution in [0.5, 0.6) is 0 Å². The van der Waals surface area contributed by atoms with Gasteiger partial charge in [-0.1, -0.05) is 138 Å². The van der Waals surface area contributed by atoms with Crippen molar-refractivity contribution >= 4 is 66.4 Å². The van der Waals surface area contributed by atoms with E-state index in [2.05, 4.69) is 9.12 Å². The molecule has 0 radical (unpaired) electrons. The molecule has 0 saturated heterocycles. The summed E-state index contributed by atoms with van der Waals surface area (Å²) in [7, 11) is -25.0. The highest BCUT2D eigenvalue weighted by Crippen LogP contribution is 2.24. The standard InChI is InChI=1S/C59H76N6O12S6/c1-48-14-26-54(27-15-48)78(66,67)60-38-42-64(82(74,75)58-34-22-52(5)23-35-58)46-44-62(80(70,71)56-30-18-50(3)19-31-56)40-12-10-8-7-9-11-13-41-63(81(72,73)57-32-20-51(4)21-33-57)45-47-65(83(76,77)59-36-24-53(6)25-37-59)43-39-61-79(68,69)55-28-16-49(2)17-29-55/h14-38,61H,7-13,39-47H2,1-6H3. The molecule has 0 heterocycles. The highest BCUT2D eigenvalue weighted by Gasteiger charge is 2.31. The number of aryl methyl sites for hydroxylation is 6. The molecule has 0 aliphatic heterocycles. The zero-order valence-corrected chi connectivity index (χ0v) is 52.7. The summed E-state index contributed by atoms with van der Waals surface area (Å²) in [6.07, 6.45) is 5.19. The number of hydrogen-bond donors (Lipinski definition) is 1. The fourth-order valence-electron chi connectivity index (χ4n) is 8.81. The number of nitrogens with one attached hydrogen (secondary N) is 1. The van der Waals surface area contributed by atoms with E-state index in [1.165, 1.54) is 81.4 Å². The molecule has 0 bridgehead atoms. The maximum absolute atomic E-state index is 14.3. The van der Waals surface area contributed by atoms with Gasteiger partial charge in [-0.2, -0.15) is 30.0 Å². The van der Waals surface area contributed by atoms with Crippen LogP contribution in [-0.2, 0) is 60.1 Å². The summed E-state index contributed by atoms with van der Waals surface area (Å²) in [6.45, 7) is 8.89. The van der Waals surface area contributed by atoms with Crippen molar-refractivity contribution in [2.45, 2.75) is 116 Å². The zero-order valence-electron chi connectivity index (χ0n) is 47.8. The molecule has 0 aliphatic carbocycles. The van der Waals surface area contributed by atoms with Crippen molar-refractivity contribution in [3.05, 3.63) is 179 Å². The highest BCUT2D eigenvalue weighted by atomic mass is 32.2. The number of hydrogen-bond acceptors (Lipinski definition) is 12. The average molecular weight is 1250 g/mol. The van der Waals surface area contributed by atoms with E-state index >= 15 is 0 Å². The van der Waals surface area contributed by atoms with E-state index in [9.17, 15) is 50.5 Å². The van der Waals surface area contributed by atoms with Crippen molar-refractivity contribution in [1.29, 1.82) is 0 Å². The Bertz CT molecular complexity index is 3820. The van der Waals surface area contributed by atoms with Crippen LogP contribution in [0.4, 0.5) is 0 Å². The van der Waals surface area contributed by atoms with E-state index in [-0.39, 0.29) is 81.7 Å². The normalized spacial score (nSPS) is 13.0. The minimum absolute atomic E-state index is 0.0175. The molecular formula is C59H76N6O12S6. The minimum Gasteiger partial charge on any atom is -0.210 e. The van der Waals surface area contributed by atoms with Crippen LogP contribution in [0.25, 0.3) is 0 Å². The molecule has 83 heavy (non-hydrogen) atoms. The van der Waals surface area contributed by atoms with Crippen molar-refractivity contribution in [2.24, 2.45) is 4.40 Å². The van der Waals surface area contributed by atoms with Gasteiger partial charge in [0.15, 0.2) is 0 Å². The lowest BCUT2D eigenvalue weighted by molar-refractivity contribution is 0.339. The largest absolute Gasteiger partial charge is 0.282 e. The van der Waals surface area contributed by atoms with Gasteiger partial charge < -0.3 is 0 Å². The summed E-state index contributed by atoms with van der Waals surface area (Å²) in [4.78, 5) is -0.0642. The molecule has 0 unspecified atom stereocenters. The number of unbranched alkanes of at least 4 members (excludes halogenated alkanes) is 6. The van der Waals surface area contributed by atoms with E-state index in [0.29, 0.717) is 38.5 Å². The fraction of sp³-hybridized carbons (Fsp3) is 0.373. The van der Waals surface area contributed by atoms with Gasteiger partial charge in [-0.15, -0.1) is 0 Å². The molecule has 6 rings (SSSR count). The summed E-state index contributed by atoms with van der Waals surface area (Å²) in [5.74, 6) is 0. The van der Waals surface area contributed by atoms with Gasteiger partial charge in [-0.25, -0.2) is 46.8 Å². The number of rotatable bonds is 33. The third-order valence-corrected chi connectivity index (χ3v) is 24.3. The van der Waals surface area contributed by atoms with Crippen LogP contribution in [0.3, 0.4) is 0 Å². The van der Waals surface area contributed by atoms with E-state index < -0.39 is 66.7 Å². The topological polar surface area (TPSA) is 242 Å². The van der Waals surface area contributed by atoms with Gasteiger partial charge in [-0.05, 0) is 127 Å². The number of nitrogens with zero attached hydrogens (tertiary/aromatic N) is 5. The number of sulfonamides is 6. The summed E-state index contributed by atoms with van der Waals surface area (Å²) in [5.41, 5.74) is 5.04. The van der Waals surface area contributed by atoms with Gasteiger partial charge in [0.25, 0.3) is 10.0 Å². The minimum atomic E-state index is -4.29. The summed E-state index contributed by atoms with van der Waals surface area (Å²) >= 11 is 0. The van der Waals surface area contributed by atoms with E-state index in [4.69, 9.17) is 0 Å². The van der Waals surface area contributed by atoms with Gasteiger partial charge in [0.1, 0.15) is 0 Å². The first-order chi connectivity index (χ1) is 39.1. The molecule has 450 valence electrons. The van der Waals surface area contributed by atoms with Gasteiger partial charge in [-0.3, -0.25) is 0 Å². The lowest BCUT2D eigenvalue weighted by Crippen LogP contribution is -2.44. The van der Waals surface area contributed by atoms with E-state index in [1.807, 2.05) is 34.6 Å². The monoisotopic (exact) mass is 1250 g/mol. The van der Waals surface area contributed by atoms with Crippen LogP contribution in [0, 0.1) is 41.5 Å². The van der Waals surface area contributed by atoms with Crippen LogP contribution in [0.15, 0.2) is 179 Å². The van der Waals surface area contributed by atoms with Crippen LogP contribution < -0.4 is 4.72 Å². The maximum Gasteiger partial charge on any atom is 0.282 e. The van der Waals surface area contributed by atoms with Crippen LogP contribution in [0.2, 0.25) is 0 Å². The summed E-state index contributed by atoms with van der Waals surface area (Å²) in [5, 5.41) is 0. The molecule has 0 aromatic heterocycles. The summed E-state index contributed by atoms with van der Waals surface area (Å²) < 4.78 is 178. The first-order valence-corrected chi connectivity index (χ1v) is 36.0. The SMILES string of the molecule is Cc1ccc(S(=O)(=O)N=CCN(CCN(CCCCCCCCCN(CCN(CCNS(=O)(=O)c2ccc(C)cc2)S(=O)(=O)c2ccc(C)cc2)S(=O)(=O)c2ccc(C)cc2)S(=O)(=O)c2ccc(C)cc2)S(=O)(=O)c2ccc(C)cc2)cc1. The molecule has 0 amide bonds. The van der Waals surface area contributed by atoms with E-state index in [0.717, 1.165) is 54.6 Å². The second-order valence-electron chi connectivity index (χ2n) is 20.6. The first kappa shape index (κ1) is 66.6. The molecule has 0 atom stereocenters. The second kappa shape index (κ2) is 29.5. The molecule has 0 saturated carbocycles. The Balaban J connectivity index is 1.11. The lowest BCUT2D eigenvalue weighted by Gasteiger charge is -2.27. The Hall–Kier alpha value is -5.51. The molecule has 6 aromatic rings. The third kappa shape index (κ3) is 18.7. The Morgan fingerprint density at radius 2 is 0.566 bits per heavy atom. The molecule has 0 fully saturated rings. The molecule has 6 aromatic carbocycles. The first-order valence-electron chi connectivity index (χ1n) is 27.3. The van der Waals surface area contributed by atoms with Crippen LogP contribution in [0.1, 0.15) is 78.3 Å². The predicted octanol–water partition coefficient (Wildman–Crippen LogP) is 8.77. The molecule has 0 spiro atoms. The molecule has 24 heteroatoms. The van der Waals surface area contributed by atoms with Crippen LogP contribution >= 0.6 is 0 Å². The average Bonchev–Trinajstić information content (AvgIpc) is 3.44. The Morgan fingerprint density at radius 3 is 0.892 bits per heavy atom. The quantitative estimate of drug-likeness (QED) is 0.0300. The third-order valence-electron chi connectivity index (χ3n) is 13.9. The maximum atomic E-state index is 14.3. The van der Waals surface area contributed by atoms with Gasteiger partial charge in [0, 0.05) is 58.6 Å². The Labute approximate surface area is 493 Å². The molecule has 1 N–H and O–H groups in total. The Kier molecular flexibility index (Phi) is 23.7. The smallest absolute Gasteiger partial charge is 0.210 e. The molecule has 18 nitrogen and oxygen atoms in total. The van der Waals surface area contributed by atoms with Crippen molar-refractivity contribution in [3.8, 4) is 0 Å². The predicted molar refractivity (Wildman–Crippen MR) is 325 cm³/mol. The second-order valence-corrected chi connectivity index (χ2v) is 31.7. The molecule has 0 aliphatic rings. The zero-order chi connectivity index (χ0) is 60.6. The van der Waals surface area contributed by atoms with Crippen molar-refractivity contribution < 1.29 is 50.5 Å². The summed E-state index contributed by atoms with van der Waals surface area (Å²) in [6, 6.07) is 37.4. The van der Waals surface area contributed by atoms with Gasteiger partial charge in [0.2, 0.25) is 50.1 Å². The van der Waals surface area contributed by atoms with Crippen molar-refractivity contribution in [1.82, 2.24) is 21.9 Å². The molecular weight excluding hydrogens is 1180 g/mol. The van der Waals surface area contributed by atoms with Gasteiger partial charge in [0.05, 0.1) is 35.9 Å². The fourth-order valence-corrected chi connectivity index (χ4v) is 16.4. The van der Waals surface area contributed by atoms with Gasteiger partial charge >= 0.3 is 0 Å². The van der Waals surface area contributed by atoms with Crippen LogP contribution in [-0.4, -0.2) is 133 Å². The van der Waals surface area contributed by atoms with E-state index in [1.54, 1.807) is 79.7 Å². The Morgan fingerprint density at radius 1 is 0.313 bits per heavy atom. The van der Waals surface area contributed by atoms with Crippen molar-refractivity contribution in [2.75, 3.05) is 58.9 Å². The van der Waals surface area contributed by atoms with Crippen molar-refractivity contribution in [3.63, 3.8) is 0 Å².